The van der Waals surface area contributed by atoms with E-state index in [9.17, 15) is 9.59 Å². The highest BCUT2D eigenvalue weighted by molar-refractivity contribution is 5.95. The molecule has 1 aromatic carbocycles. The molecule has 0 spiro atoms. The third-order valence-corrected chi connectivity index (χ3v) is 5.23. The molecule has 150 valence electrons. The standard InChI is InChI=1S/C21H32N2O4/c1-5-6-7-10-22-20(24)16-8-11-23(12-9-16)21(25)17-13-18(26-3)15(2)19(14-17)27-4/h13-14,16H,5-12H2,1-4H3,(H,22,24). The Morgan fingerprint density at radius 2 is 1.70 bits per heavy atom. The van der Waals surface area contributed by atoms with Gasteiger partial charge in [-0.15, -0.1) is 0 Å². The number of piperidine rings is 1. The number of nitrogens with zero attached hydrogens (tertiary/aromatic N) is 1. The summed E-state index contributed by atoms with van der Waals surface area (Å²) in [5, 5.41) is 3.02. The van der Waals surface area contributed by atoms with Gasteiger partial charge >= 0.3 is 0 Å². The molecule has 6 nitrogen and oxygen atoms in total. The van der Waals surface area contributed by atoms with Gasteiger partial charge in [0.2, 0.25) is 5.91 Å². The molecule has 0 aliphatic carbocycles. The van der Waals surface area contributed by atoms with Crippen LogP contribution >= 0.6 is 0 Å². The Morgan fingerprint density at radius 1 is 1.11 bits per heavy atom. The predicted molar refractivity (Wildman–Crippen MR) is 105 cm³/mol. The average Bonchev–Trinajstić information content (AvgIpc) is 2.70. The molecular formula is C21H32N2O4. The van der Waals surface area contributed by atoms with Crippen molar-refractivity contribution in [2.24, 2.45) is 5.92 Å². The molecule has 1 aromatic rings. The van der Waals surface area contributed by atoms with Gasteiger partial charge in [-0.05, 0) is 38.3 Å². The number of carbonyl (C=O) groups is 2. The van der Waals surface area contributed by atoms with Crippen LogP contribution < -0.4 is 14.8 Å². The quantitative estimate of drug-likeness (QED) is 0.708. The number of carbonyl (C=O) groups excluding carboxylic acids is 2. The zero-order valence-electron chi connectivity index (χ0n) is 17.0. The Balaban J connectivity index is 1.94. The van der Waals surface area contributed by atoms with Crippen LogP contribution in [0.15, 0.2) is 12.1 Å². The molecule has 0 aromatic heterocycles. The molecule has 1 fully saturated rings. The van der Waals surface area contributed by atoms with E-state index in [4.69, 9.17) is 9.47 Å². The Bertz CT molecular complexity index is 627. The molecule has 27 heavy (non-hydrogen) atoms. The van der Waals surface area contributed by atoms with Crippen molar-refractivity contribution in [2.75, 3.05) is 33.9 Å². The highest BCUT2D eigenvalue weighted by Gasteiger charge is 2.28. The Kier molecular flexibility index (Phi) is 7.95. The molecule has 1 aliphatic heterocycles. The van der Waals surface area contributed by atoms with E-state index in [0.29, 0.717) is 43.0 Å². The first kappa shape index (κ1) is 21.1. The second kappa shape index (κ2) is 10.2. The number of methoxy groups -OCH3 is 2. The van der Waals surface area contributed by atoms with Crippen LogP contribution in [0.5, 0.6) is 11.5 Å². The van der Waals surface area contributed by atoms with Crippen LogP contribution in [0.4, 0.5) is 0 Å². The monoisotopic (exact) mass is 376 g/mol. The maximum absolute atomic E-state index is 12.9. The fourth-order valence-corrected chi connectivity index (χ4v) is 3.47. The average molecular weight is 376 g/mol. The van der Waals surface area contributed by atoms with Crippen molar-refractivity contribution in [2.45, 2.75) is 46.0 Å². The van der Waals surface area contributed by atoms with Crippen molar-refractivity contribution in [3.05, 3.63) is 23.3 Å². The molecule has 1 heterocycles. The number of nitrogens with one attached hydrogen (secondary N) is 1. The lowest BCUT2D eigenvalue weighted by molar-refractivity contribution is -0.126. The van der Waals surface area contributed by atoms with Crippen LogP contribution in [0.2, 0.25) is 0 Å². The number of amides is 2. The van der Waals surface area contributed by atoms with E-state index in [1.807, 2.05) is 11.8 Å². The third kappa shape index (κ3) is 5.37. The molecule has 0 saturated carbocycles. The van der Waals surface area contributed by atoms with Gasteiger partial charge in [0.1, 0.15) is 11.5 Å². The van der Waals surface area contributed by atoms with Gasteiger partial charge in [-0.1, -0.05) is 19.8 Å². The lowest BCUT2D eigenvalue weighted by atomic mass is 9.95. The molecule has 6 heteroatoms. The number of hydrogen-bond donors (Lipinski definition) is 1. The molecule has 2 rings (SSSR count). The van der Waals surface area contributed by atoms with Crippen molar-refractivity contribution in [1.82, 2.24) is 10.2 Å². The summed E-state index contributed by atoms with van der Waals surface area (Å²) < 4.78 is 10.7. The molecule has 1 saturated heterocycles. The van der Waals surface area contributed by atoms with Crippen LogP contribution in [-0.2, 0) is 4.79 Å². The van der Waals surface area contributed by atoms with E-state index >= 15 is 0 Å². The van der Waals surface area contributed by atoms with Gasteiger partial charge in [0, 0.05) is 36.7 Å². The van der Waals surface area contributed by atoms with E-state index in [1.165, 1.54) is 0 Å². The fourth-order valence-electron chi connectivity index (χ4n) is 3.47. The Hall–Kier alpha value is -2.24. The highest BCUT2D eigenvalue weighted by Crippen LogP contribution is 2.30. The lowest BCUT2D eigenvalue weighted by Crippen LogP contribution is -2.43. The van der Waals surface area contributed by atoms with Crippen molar-refractivity contribution in [3.8, 4) is 11.5 Å². The van der Waals surface area contributed by atoms with E-state index in [-0.39, 0.29) is 17.7 Å². The second-order valence-electron chi connectivity index (χ2n) is 7.07. The zero-order chi connectivity index (χ0) is 19.8. The molecule has 0 bridgehead atoms. The van der Waals surface area contributed by atoms with Crippen molar-refractivity contribution in [3.63, 3.8) is 0 Å². The normalized spacial score (nSPS) is 14.7. The molecule has 0 radical (unpaired) electrons. The molecule has 0 unspecified atom stereocenters. The fraction of sp³-hybridized carbons (Fsp3) is 0.619. The smallest absolute Gasteiger partial charge is 0.254 e. The van der Waals surface area contributed by atoms with Crippen molar-refractivity contribution in [1.29, 1.82) is 0 Å². The maximum atomic E-state index is 12.9. The number of rotatable bonds is 8. The summed E-state index contributed by atoms with van der Waals surface area (Å²) in [5.41, 5.74) is 1.42. The van der Waals surface area contributed by atoms with Crippen LogP contribution in [0.1, 0.15) is 54.9 Å². The SMILES string of the molecule is CCCCCNC(=O)C1CCN(C(=O)c2cc(OC)c(C)c(OC)c2)CC1. The van der Waals surface area contributed by atoms with E-state index in [2.05, 4.69) is 12.2 Å². The zero-order valence-corrected chi connectivity index (χ0v) is 17.0. The van der Waals surface area contributed by atoms with Crippen LogP contribution in [0.25, 0.3) is 0 Å². The van der Waals surface area contributed by atoms with Crippen LogP contribution in [0.3, 0.4) is 0 Å². The molecule has 1 N–H and O–H groups in total. The summed E-state index contributed by atoms with van der Waals surface area (Å²) in [5.74, 6) is 1.35. The number of likely N-dealkylation sites (tertiary alicyclic amines) is 1. The summed E-state index contributed by atoms with van der Waals surface area (Å²) in [6.45, 7) is 5.97. The number of benzene rings is 1. The minimum absolute atomic E-state index is 0.00207. The Morgan fingerprint density at radius 3 is 2.22 bits per heavy atom. The summed E-state index contributed by atoms with van der Waals surface area (Å²) in [7, 11) is 3.17. The lowest BCUT2D eigenvalue weighted by Gasteiger charge is -2.31. The number of hydrogen-bond acceptors (Lipinski definition) is 4. The van der Waals surface area contributed by atoms with E-state index in [0.717, 1.165) is 31.4 Å². The summed E-state index contributed by atoms with van der Waals surface area (Å²) in [6.07, 6.45) is 4.70. The van der Waals surface area contributed by atoms with E-state index in [1.54, 1.807) is 26.4 Å². The van der Waals surface area contributed by atoms with Gasteiger partial charge in [-0.3, -0.25) is 9.59 Å². The number of ether oxygens (including phenoxy) is 2. The minimum atomic E-state index is -0.0478. The van der Waals surface area contributed by atoms with Gasteiger partial charge in [0.25, 0.3) is 5.91 Å². The summed E-state index contributed by atoms with van der Waals surface area (Å²) in [6, 6.07) is 3.51. The first-order valence-corrected chi connectivity index (χ1v) is 9.81. The summed E-state index contributed by atoms with van der Waals surface area (Å²) in [4.78, 5) is 27.0. The van der Waals surface area contributed by atoms with E-state index < -0.39 is 0 Å². The van der Waals surface area contributed by atoms with Crippen molar-refractivity contribution >= 4 is 11.8 Å². The van der Waals surface area contributed by atoms with Gasteiger partial charge in [0.15, 0.2) is 0 Å². The highest BCUT2D eigenvalue weighted by atomic mass is 16.5. The topological polar surface area (TPSA) is 67.9 Å². The predicted octanol–water partition coefficient (Wildman–Crippen LogP) is 3.17. The largest absolute Gasteiger partial charge is 0.496 e. The molecular weight excluding hydrogens is 344 g/mol. The van der Waals surface area contributed by atoms with Crippen molar-refractivity contribution < 1.29 is 19.1 Å². The number of unbranched alkanes of at least 4 members (excludes halogenated alkanes) is 2. The van der Waals surface area contributed by atoms with Gasteiger partial charge < -0.3 is 19.7 Å². The van der Waals surface area contributed by atoms with Gasteiger partial charge in [-0.25, -0.2) is 0 Å². The van der Waals surface area contributed by atoms with Crippen LogP contribution in [-0.4, -0.2) is 50.6 Å². The molecule has 0 atom stereocenters. The van der Waals surface area contributed by atoms with Crippen LogP contribution in [0, 0.1) is 12.8 Å². The third-order valence-electron chi connectivity index (χ3n) is 5.23. The van der Waals surface area contributed by atoms with Gasteiger partial charge in [-0.2, -0.15) is 0 Å². The first-order chi connectivity index (χ1) is 13.0. The first-order valence-electron chi connectivity index (χ1n) is 9.81. The maximum Gasteiger partial charge on any atom is 0.254 e. The summed E-state index contributed by atoms with van der Waals surface area (Å²) >= 11 is 0. The van der Waals surface area contributed by atoms with Gasteiger partial charge in [0.05, 0.1) is 14.2 Å². The molecule has 1 aliphatic rings. The Labute approximate surface area is 162 Å². The molecule has 2 amide bonds. The second-order valence-corrected chi connectivity index (χ2v) is 7.07. The minimum Gasteiger partial charge on any atom is -0.496 e.